The number of halogens is 1. The van der Waals surface area contributed by atoms with Gasteiger partial charge in [-0.1, -0.05) is 0 Å². The van der Waals surface area contributed by atoms with Crippen LogP contribution < -0.4 is 10.2 Å². The molecule has 146 valence electrons. The molecule has 1 saturated heterocycles. The van der Waals surface area contributed by atoms with Gasteiger partial charge in [0.15, 0.2) is 0 Å². The Morgan fingerprint density at radius 3 is 2.63 bits per heavy atom. The summed E-state index contributed by atoms with van der Waals surface area (Å²) in [6.07, 6.45) is 7.22. The van der Waals surface area contributed by atoms with E-state index >= 15 is 0 Å². The molecule has 0 radical (unpaired) electrons. The van der Waals surface area contributed by atoms with Gasteiger partial charge in [0.25, 0.3) is 0 Å². The lowest BCUT2D eigenvalue weighted by Gasteiger charge is -2.30. The molecule has 27 heavy (non-hydrogen) atoms. The molecule has 0 spiro atoms. The Bertz CT molecular complexity index is 791. The quantitative estimate of drug-likeness (QED) is 0.865. The monoisotopic (exact) mass is 372 g/mol. The SMILES string of the molecule is Cc1nc(N2CCCC(NC3CCC(O)CC3)CC2)nc2ccc(F)cc12. The third kappa shape index (κ3) is 4.38. The van der Waals surface area contributed by atoms with Crippen LogP contribution in [0, 0.1) is 12.7 Å². The molecular weight excluding hydrogens is 343 g/mol. The van der Waals surface area contributed by atoms with Crippen molar-refractivity contribution in [1.29, 1.82) is 0 Å². The molecule has 4 rings (SSSR count). The van der Waals surface area contributed by atoms with Crippen LogP contribution in [0.1, 0.15) is 50.6 Å². The number of aliphatic hydroxyl groups excluding tert-OH is 1. The fourth-order valence-corrected chi connectivity index (χ4v) is 4.42. The van der Waals surface area contributed by atoms with E-state index in [0.717, 1.165) is 80.6 Å². The average molecular weight is 372 g/mol. The number of hydrogen-bond donors (Lipinski definition) is 2. The molecule has 1 saturated carbocycles. The molecule has 1 aliphatic heterocycles. The van der Waals surface area contributed by atoms with Gasteiger partial charge in [-0.05, 0) is 70.1 Å². The Balaban J connectivity index is 1.42. The normalized spacial score (nSPS) is 26.9. The van der Waals surface area contributed by atoms with Crippen molar-refractivity contribution in [3.63, 3.8) is 0 Å². The van der Waals surface area contributed by atoms with Gasteiger partial charge in [-0.15, -0.1) is 0 Å². The minimum Gasteiger partial charge on any atom is -0.393 e. The van der Waals surface area contributed by atoms with E-state index in [2.05, 4.69) is 15.2 Å². The summed E-state index contributed by atoms with van der Waals surface area (Å²) in [6.45, 7) is 3.81. The number of hydrogen-bond acceptors (Lipinski definition) is 5. The largest absolute Gasteiger partial charge is 0.393 e. The number of rotatable bonds is 3. The number of nitrogens with zero attached hydrogens (tertiary/aromatic N) is 3. The standard InChI is InChI=1S/C21H29FN4O/c1-14-19-13-15(22)4-9-20(19)25-21(23-14)26-11-2-3-16(10-12-26)24-17-5-7-18(27)8-6-17/h4,9,13,16-18,24,27H,2-3,5-8,10-12H2,1H3. The second kappa shape index (κ2) is 8.07. The minimum absolute atomic E-state index is 0.102. The zero-order valence-electron chi connectivity index (χ0n) is 16.0. The maximum atomic E-state index is 13.5. The first-order valence-corrected chi connectivity index (χ1v) is 10.2. The number of aryl methyl sites for hydroxylation is 1. The van der Waals surface area contributed by atoms with Crippen LogP contribution >= 0.6 is 0 Å². The molecule has 0 amide bonds. The maximum absolute atomic E-state index is 13.5. The lowest BCUT2D eigenvalue weighted by molar-refractivity contribution is 0.113. The van der Waals surface area contributed by atoms with Gasteiger partial charge in [0, 0.05) is 30.6 Å². The topological polar surface area (TPSA) is 61.3 Å². The Morgan fingerprint density at radius 2 is 1.81 bits per heavy atom. The van der Waals surface area contributed by atoms with E-state index in [1.165, 1.54) is 12.1 Å². The molecule has 2 heterocycles. The summed E-state index contributed by atoms with van der Waals surface area (Å²) in [5, 5.41) is 14.3. The molecule has 1 atom stereocenters. The molecule has 0 bridgehead atoms. The molecule has 1 aliphatic carbocycles. The van der Waals surface area contributed by atoms with Crippen molar-refractivity contribution in [3.8, 4) is 0 Å². The Kier molecular flexibility index (Phi) is 5.55. The zero-order valence-corrected chi connectivity index (χ0v) is 16.0. The number of benzene rings is 1. The van der Waals surface area contributed by atoms with Crippen LogP contribution in [0.3, 0.4) is 0 Å². The predicted molar refractivity (Wildman–Crippen MR) is 105 cm³/mol. The van der Waals surface area contributed by atoms with Crippen LogP contribution in [0.25, 0.3) is 10.9 Å². The lowest BCUT2D eigenvalue weighted by atomic mass is 9.92. The van der Waals surface area contributed by atoms with Crippen molar-refractivity contribution in [2.75, 3.05) is 18.0 Å². The van der Waals surface area contributed by atoms with Crippen molar-refractivity contribution in [1.82, 2.24) is 15.3 Å². The molecule has 5 nitrogen and oxygen atoms in total. The Morgan fingerprint density at radius 1 is 1.04 bits per heavy atom. The van der Waals surface area contributed by atoms with Crippen LogP contribution in [-0.2, 0) is 0 Å². The maximum Gasteiger partial charge on any atom is 0.226 e. The fourth-order valence-electron chi connectivity index (χ4n) is 4.42. The van der Waals surface area contributed by atoms with Gasteiger partial charge in [0.05, 0.1) is 17.3 Å². The van der Waals surface area contributed by atoms with Crippen molar-refractivity contribution in [3.05, 3.63) is 29.7 Å². The molecular formula is C21H29FN4O. The van der Waals surface area contributed by atoms with Gasteiger partial charge in [0.1, 0.15) is 5.82 Å². The van der Waals surface area contributed by atoms with E-state index in [1.54, 1.807) is 6.07 Å². The summed E-state index contributed by atoms with van der Waals surface area (Å²) in [5.41, 5.74) is 1.63. The summed E-state index contributed by atoms with van der Waals surface area (Å²) >= 11 is 0. The highest BCUT2D eigenvalue weighted by Crippen LogP contribution is 2.24. The predicted octanol–water partition coefficient (Wildman–Crippen LogP) is 3.33. The third-order valence-electron chi connectivity index (χ3n) is 6.02. The second-order valence-electron chi connectivity index (χ2n) is 8.06. The molecule has 6 heteroatoms. The van der Waals surface area contributed by atoms with Crippen molar-refractivity contribution in [2.45, 2.75) is 70.1 Å². The zero-order chi connectivity index (χ0) is 18.8. The minimum atomic E-state index is -0.249. The first kappa shape index (κ1) is 18.6. The number of fused-ring (bicyclic) bond motifs is 1. The number of nitrogens with one attached hydrogen (secondary N) is 1. The second-order valence-corrected chi connectivity index (χ2v) is 8.06. The molecule has 1 aromatic heterocycles. The van der Waals surface area contributed by atoms with Gasteiger partial charge >= 0.3 is 0 Å². The van der Waals surface area contributed by atoms with E-state index in [1.807, 2.05) is 6.92 Å². The first-order valence-electron chi connectivity index (χ1n) is 10.2. The number of aliphatic hydroxyl groups is 1. The number of anilines is 1. The van der Waals surface area contributed by atoms with Crippen LogP contribution in [0.2, 0.25) is 0 Å². The highest BCUT2D eigenvalue weighted by Gasteiger charge is 2.24. The van der Waals surface area contributed by atoms with E-state index < -0.39 is 0 Å². The van der Waals surface area contributed by atoms with Crippen LogP contribution in [0.15, 0.2) is 18.2 Å². The summed E-state index contributed by atoms with van der Waals surface area (Å²) in [7, 11) is 0. The van der Waals surface area contributed by atoms with Gasteiger partial charge < -0.3 is 15.3 Å². The molecule has 1 unspecified atom stereocenters. The van der Waals surface area contributed by atoms with Crippen LogP contribution in [-0.4, -0.2) is 46.4 Å². The van der Waals surface area contributed by atoms with E-state index in [0.29, 0.717) is 12.1 Å². The molecule has 2 aliphatic rings. The van der Waals surface area contributed by atoms with Gasteiger partial charge in [-0.2, -0.15) is 0 Å². The van der Waals surface area contributed by atoms with E-state index in [-0.39, 0.29) is 11.9 Å². The Hall–Kier alpha value is -1.79. The van der Waals surface area contributed by atoms with E-state index in [9.17, 15) is 9.50 Å². The highest BCUT2D eigenvalue weighted by molar-refractivity contribution is 5.81. The Labute approximate surface area is 160 Å². The van der Waals surface area contributed by atoms with Crippen molar-refractivity contribution >= 4 is 16.9 Å². The smallest absolute Gasteiger partial charge is 0.226 e. The fraction of sp³-hybridized carbons (Fsp3) is 0.619. The summed E-state index contributed by atoms with van der Waals surface area (Å²) in [4.78, 5) is 11.6. The molecule has 2 aromatic rings. The summed E-state index contributed by atoms with van der Waals surface area (Å²) in [5.74, 6) is 0.508. The average Bonchev–Trinajstić information content (AvgIpc) is 2.90. The number of aromatic nitrogens is 2. The van der Waals surface area contributed by atoms with Gasteiger partial charge in [0.2, 0.25) is 5.95 Å². The summed E-state index contributed by atoms with van der Waals surface area (Å²) < 4.78 is 13.5. The van der Waals surface area contributed by atoms with Gasteiger partial charge in [-0.3, -0.25) is 0 Å². The third-order valence-corrected chi connectivity index (χ3v) is 6.02. The van der Waals surface area contributed by atoms with E-state index in [4.69, 9.17) is 4.98 Å². The van der Waals surface area contributed by atoms with Crippen LogP contribution in [0.4, 0.5) is 10.3 Å². The molecule has 2 fully saturated rings. The van der Waals surface area contributed by atoms with Gasteiger partial charge in [-0.25, -0.2) is 14.4 Å². The van der Waals surface area contributed by atoms with Crippen molar-refractivity contribution < 1.29 is 9.50 Å². The molecule has 2 N–H and O–H groups in total. The van der Waals surface area contributed by atoms with Crippen molar-refractivity contribution in [2.24, 2.45) is 0 Å². The van der Waals surface area contributed by atoms with Crippen LogP contribution in [0.5, 0.6) is 0 Å². The first-order chi connectivity index (χ1) is 13.1. The lowest BCUT2D eigenvalue weighted by Crippen LogP contribution is -2.41. The summed E-state index contributed by atoms with van der Waals surface area (Å²) in [6, 6.07) is 5.77. The molecule has 1 aromatic carbocycles. The highest BCUT2D eigenvalue weighted by atomic mass is 19.1.